The Balaban J connectivity index is 2.54. The van der Waals surface area contributed by atoms with Crippen molar-refractivity contribution in [3.05, 3.63) is 30.3 Å². The van der Waals surface area contributed by atoms with E-state index in [1.54, 1.807) is 0 Å². The molecule has 0 atom stereocenters. The normalized spacial score (nSPS) is 10.7. The summed E-state index contributed by atoms with van der Waals surface area (Å²) in [5, 5.41) is 0. The number of carbonyl (C=O) groups excluding carboxylic acids is 1. The molecular weight excluding hydrogens is 214 g/mol. The van der Waals surface area contributed by atoms with Crippen molar-refractivity contribution in [2.75, 3.05) is 6.61 Å². The Morgan fingerprint density at radius 3 is 2.12 bits per heavy atom. The average Bonchev–Trinajstić information content (AvgIpc) is 2.27. The van der Waals surface area contributed by atoms with Gasteiger partial charge in [-0.1, -0.05) is 18.2 Å². The van der Waals surface area contributed by atoms with Crippen LogP contribution >= 0.6 is 0 Å². The van der Waals surface area contributed by atoms with Crippen LogP contribution in [0.15, 0.2) is 30.3 Å². The van der Waals surface area contributed by atoms with Gasteiger partial charge in [-0.15, -0.1) is 0 Å². The summed E-state index contributed by atoms with van der Waals surface area (Å²) in [5.74, 6) is 0.757. The molecule has 0 fully saturated rings. The largest absolute Gasteiger partial charge is 0.484 e. The minimum Gasteiger partial charge on any atom is -0.484 e. The highest BCUT2D eigenvalue weighted by Gasteiger charge is 2.20. The fourth-order valence-corrected chi connectivity index (χ4v) is 1.91. The second-order valence-corrected chi connectivity index (χ2v) is 4.59. The van der Waals surface area contributed by atoms with Gasteiger partial charge < -0.3 is 9.64 Å². The van der Waals surface area contributed by atoms with Crippen LogP contribution in [0.1, 0.15) is 27.7 Å². The fourth-order valence-electron chi connectivity index (χ4n) is 1.91. The SMILES string of the molecule is CC(C)N(C(=O)COc1ccccc1)C(C)C. The van der Waals surface area contributed by atoms with Crippen molar-refractivity contribution in [3.8, 4) is 5.75 Å². The molecule has 0 aliphatic rings. The van der Waals surface area contributed by atoms with Crippen LogP contribution in [0, 0.1) is 0 Å². The molecule has 0 saturated heterocycles. The molecule has 0 N–H and O–H groups in total. The molecule has 0 spiro atoms. The highest BCUT2D eigenvalue weighted by molar-refractivity contribution is 5.78. The van der Waals surface area contributed by atoms with Crippen molar-refractivity contribution >= 4 is 5.91 Å². The molecule has 1 aromatic carbocycles. The van der Waals surface area contributed by atoms with Gasteiger partial charge in [0.15, 0.2) is 6.61 Å². The first-order valence-corrected chi connectivity index (χ1v) is 6.01. The van der Waals surface area contributed by atoms with Crippen molar-refractivity contribution in [1.29, 1.82) is 0 Å². The van der Waals surface area contributed by atoms with Crippen LogP contribution in [0.4, 0.5) is 0 Å². The van der Waals surface area contributed by atoms with Crippen molar-refractivity contribution in [3.63, 3.8) is 0 Å². The van der Waals surface area contributed by atoms with E-state index in [0.29, 0.717) is 0 Å². The number of nitrogens with zero attached hydrogens (tertiary/aromatic N) is 1. The maximum Gasteiger partial charge on any atom is 0.260 e. The molecule has 17 heavy (non-hydrogen) atoms. The van der Waals surface area contributed by atoms with Gasteiger partial charge in [0.25, 0.3) is 5.91 Å². The molecule has 0 bridgehead atoms. The molecule has 1 aromatic rings. The van der Waals surface area contributed by atoms with Crippen LogP contribution in [-0.2, 0) is 4.79 Å². The molecule has 3 heteroatoms. The third-order valence-corrected chi connectivity index (χ3v) is 2.51. The van der Waals surface area contributed by atoms with Crippen molar-refractivity contribution in [2.24, 2.45) is 0 Å². The monoisotopic (exact) mass is 235 g/mol. The quantitative estimate of drug-likeness (QED) is 0.785. The molecule has 3 nitrogen and oxygen atoms in total. The van der Waals surface area contributed by atoms with E-state index < -0.39 is 0 Å². The molecule has 0 aliphatic heterocycles. The Hall–Kier alpha value is -1.51. The highest BCUT2D eigenvalue weighted by atomic mass is 16.5. The van der Waals surface area contributed by atoms with Crippen molar-refractivity contribution in [1.82, 2.24) is 4.90 Å². The molecule has 0 radical (unpaired) electrons. The van der Waals surface area contributed by atoms with Gasteiger partial charge in [0.2, 0.25) is 0 Å². The van der Waals surface area contributed by atoms with E-state index >= 15 is 0 Å². The molecule has 0 aliphatic carbocycles. The second kappa shape index (κ2) is 6.28. The summed E-state index contributed by atoms with van der Waals surface area (Å²) in [6.07, 6.45) is 0. The molecule has 0 saturated carbocycles. The molecule has 0 unspecified atom stereocenters. The second-order valence-electron chi connectivity index (χ2n) is 4.59. The molecule has 94 valence electrons. The van der Waals surface area contributed by atoms with E-state index in [-0.39, 0.29) is 24.6 Å². The van der Waals surface area contributed by atoms with Gasteiger partial charge in [-0.05, 0) is 39.8 Å². The Labute approximate surface area is 103 Å². The number of hydrogen-bond donors (Lipinski definition) is 0. The van der Waals surface area contributed by atoms with Crippen LogP contribution in [0.2, 0.25) is 0 Å². The summed E-state index contributed by atoms with van der Waals surface area (Å²) in [6, 6.07) is 9.79. The van der Waals surface area contributed by atoms with Crippen LogP contribution in [0.3, 0.4) is 0 Å². The number of para-hydroxylation sites is 1. The summed E-state index contributed by atoms with van der Waals surface area (Å²) >= 11 is 0. The lowest BCUT2D eigenvalue weighted by Crippen LogP contribution is -2.44. The summed E-state index contributed by atoms with van der Waals surface area (Å²) in [4.78, 5) is 13.8. The highest BCUT2D eigenvalue weighted by Crippen LogP contribution is 2.10. The summed E-state index contributed by atoms with van der Waals surface area (Å²) in [7, 11) is 0. The first kappa shape index (κ1) is 13.6. The van der Waals surface area contributed by atoms with Gasteiger partial charge in [-0.3, -0.25) is 4.79 Å². The van der Waals surface area contributed by atoms with Gasteiger partial charge in [0, 0.05) is 12.1 Å². The van der Waals surface area contributed by atoms with E-state index in [1.807, 2.05) is 62.9 Å². The Kier molecular flexibility index (Phi) is 5.01. The van der Waals surface area contributed by atoms with E-state index in [2.05, 4.69) is 0 Å². The molecule has 0 aromatic heterocycles. The third-order valence-electron chi connectivity index (χ3n) is 2.51. The van der Waals surface area contributed by atoms with Crippen LogP contribution in [0.5, 0.6) is 5.75 Å². The van der Waals surface area contributed by atoms with E-state index in [9.17, 15) is 4.79 Å². The van der Waals surface area contributed by atoms with Gasteiger partial charge in [-0.25, -0.2) is 0 Å². The predicted molar refractivity (Wildman–Crippen MR) is 69.1 cm³/mol. The number of rotatable bonds is 5. The summed E-state index contributed by atoms with van der Waals surface area (Å²) in [5.41, 5.74) is 0. The first-order valence-electron chi connectivity index (χ1n) is 6.01. The van der Waals surface area contributed by atoms with Crippen molar-refractivity contribution < 1.29 is 9.53 Å². The van der Waals surface area contributed by atoms with Crippen LogP contribution in [-0.4, -0.2) is 29.5 Å². The Morgan fingerprint density at radius 1 is 1.12 bits per heavy atom. The average molecular weight is 235 g/mol. The van der Waals surface area contributed by atoms with Gasteiger partial charge in [0.05, 0.1) is 0 Å². The lowest BCUT2D eigenvalue weighted by atomic mass is 10.2. The zero-order chi connectivity index (χ0) is 12.8. The standard InChI is InChI=1S/C14H21NO2/c1-11(2)15(12(3)4)14(16)10-17-13-8-6-5-7-9-13/h5-9,11-12H,10H2,1-4H3. The molecule has 1 rings (SSSR count). The smallest absolute Gasteiger partial charge is 0.260 e. The zero-order valence-corrected chi connectivity index (χ0v) is 11.0. The molecule has 1 amide bonds. The van der Waals surface area contributed by atoms with Gasteiger partial charge in [-0.2, -0.15) is 0 Å². The van der Waals surface area contributed by atoms with Crippen LogP contribution < -0.4 is 4.74 Å². The number of amides is 1. The zero-order valence-electron chi connectivity index (χ0n) is 11.0. The Morgan fingerprint density at radius 2 is 1.65 bits per heavy atom. The molecule has 0 heterocycles. The number of ether oxygens (including phenoxy) is 1. The van der Waals surface area contributed by atoms with E-state index in [1.165, 1.54) is 0 Å². The minimum absolute atomic E-state index is 0.0267. The number of carbonyl (C=O) groups is 1. The van der Waals surface area contributed by atoms with E-state index in [4.69, 9.17) is 4.74 Å². The minimum atomic E-state index is 0.0267. The topological polar surface area (TPSA) is 29.5 Å². The van der Waals surface area contributed by atoms with Crippen LogP contribution in [0.25, 0.3) is 0 Å². The Bertz CT molecular complexity index is 338. The van der Waals surface area contributed by atoms with Gasteiger partial charge in [0.1, 0.15) is 5.75 Å². The van der Waals surface area contributed by atoms with Crippen molar-refractivity contribution in [2.45, 2.75) is 39.8 Å². The summed E-state index contributed by atoms with van der Waals surface area (Å²) < 4.78 is 5.46. The third kappa shape index (κ3) is 4.10. The maximum atomic E-state index is 12.0. The number of hydrogen-bond acceptors (Lipinski definition) is 2. The predicted octanol–water partition coefficient (Wildman–Crippen LogP) is 2.71. The van der Waals surface area contributed by atoms with Gasteiger partial charge >= 0.3 is 0 Å². The van der Waals surface area contributed by atoms with E-state index in [0.717, 1.165) is 5.75 Å². The lowest BCUT2D eigenvalue weighted by molar-refractivity contribution is -0.136. The summed E-state index contributed by atoms with van der Waals surface area (Å²) in [6.45, 7) is 8.15. The fraction of sp³-hybridized carbons (Fsp3) is 0.500. The number of benzene rings is 1. The first-order chi connectivity index (χ1) is 8.02. The maximum absolute atomic E-state index is 12.0. The lowest BCUT2D eigenvalue weighted by Gasteiger charge is -2.30. The molecular formula is C14H21NO2.